The molecule has 2 aromatic rings. The number of rotatable bonds is 11. The molecule has 3 rings (SSSR count). The quantitative estimate of drug-likeness (QED) is 0.346. The van der Waals surface area contributed by atoms with E-state index in [2.05, 4.69) is 9.71 Å². The molecule has 192 valence electrons. The van der Waals surface area contributed by atoms with Gasteiger partial charge in [-0.05, 0) is 50.6 Å². The second-order valence-corrected chi connectivity index (χ2v) is 9.93. The molecule has 1 saturated heterocycles. The Morgan fingerprint density at radius 2 is 1.89 bits per heavy atom. The number of carbonyl (C=O) groups excluding carboxylic acids is 2. The molecule has 0 spiro atoms. The number of hydrogen-bond donors (Lipinski definition) is 1. The molecule has 0 radical (unpaired) electrons. The van der Waals surface area contributed by atoms with Crippen LogP contribution >= 0.6 is 0 Å². The van der Waals surface area contributed by atoms with Crippen molar-refractivity contribution >= 4 is 27.7 Å². The fraction of sp³-hybridized carbons (Fsp3) is 0.417. The zero-order valence-electron chi connectivity index (χ0n) is 20.3. The highest BCUT2D eigenvalue weighted by Crippen LogP contribution is 2.28. The van der Waals surface area contributed by atoms with E-state index in [1.165, 1.54) is 6.07 Å². The number of benzene rings is 1. The van der Waals surface area contributed by atoms with Crippen molar-refractivity contribution in [3.05, 3.63) is 47.2 Å². The summed E-state index contributed by atoms with van der Waals surface area (Å²) < 4.78 is 42.3. The first-order valence-electron chi connectivity index (χ1n) is 11.3. The van der Waals surface area contributed by atoms with Crippen molar-refractivity contribution in [2.24, 2.45) is 5.92 Å². The molecule has 1 aromatic heterocycles. The summed E-state index contributed by atoms with van der Waals surface area (Å²) in [6.07, 6.45) is 0.201. The van der Waals surface area contributed by atoms with Gasteiger partial charge in [-0.1, -0.05) is 0 Å². The Morgan fingerprint density at radius 3 is 2.50 bits per heavy atom. The Kier molecular flexibility index (Phi) is 8.71. The maximum Gasteiger partial charge on any atom is 0.340 e. The van der Waals surface area contributed by atoms with E-state index in [0.29, 0.717) is 23.0 Å². The number of anilines is 1. The Morgan fingerprint density at radius 1 is 1.22 bits per heavy atom. The Balaban J connectivity index is 1.49. The number of esters is 1. The van der Waals surface area contributed by atoms with Gasteiger partial charge in [-0.3, -0.25) is 9.52 Å². The topological polar surface area (TPSA) is 148 Å². The van der Waals surface area contributed by atoms with Gasteiger partial charge in [0.15, 0.2) is 0 Å². The molecule has 1 fully saturated rings. The van der Waals surface area contributed by atoms with Gasteiger partial charge in [-0.25, -0.2) is 18.2 Å². The molecule has 0 unspecified atom stereocenters. The monoisotopic (exact) mass is 516 g/mol. The molecule has 36 heavy (non-hydrogen) atoms. The highest BCUT2D eigenvalue weighted by Gasteiger charge is 2.36. The predicted molar refractivity (Wildman–Crippen MR) is 130 cm³/mol. The molecule has 1 aliphatic rings. The lowest BCUT2D eigenvalue weighted by Crippen LogP contribution is -2.55. The first-order valence-corrected chi connectivity index (χ1v) is 13.0. The highest BCUT2D eigenvalue weighted by molar-refractivity contribution is 7.90. The van der Waals surface area contributed by atoms with Crippen molar-refractivity contribution in [2.45, 2.75) is 20.3 Å². The molecule has 1 amide bonds. The average Bonchev–Trinajstić information content (AvgIpc) is 2.81. The predicted octanol–water partition coefficient (Wildman–Crippen LogP) is 1.80. The third kappa shape index (κ3) is 6.63. The fourth-order valence-corrected chi connectivity index (χ4v) is 4.62. The van der Waals surface area contributed by atoms with Crippen molar-refractivity contribution < 1.29 is 32.2 Å². The van der Waals surface area contributed by atoms with Gasteiger partial charge in [-0.15, -0.1) is 0 Å². The van der Waals surface area contributed by atoms with E-state index >= 15 is 0 Å². The number of aromatic nitrogens is 1. The largest absolute Gasteiger partial charge is 0.497 e. The molecule has 1 aromatic carbocycles. The zero-order valence-corrected chi connectivity index (χ0v) is 21.1. The number of sulfonamides is 1. The van der Waals surface area contributed by atoms with Crippen molar-refractivity contribution in [1.82, 2.24) is 9.71 Å². The zero-order chi connectivity index (χ0) is 26.3. The number of carbonyl (C=O) groups is 2. The number of nitrogens with one attached hydrogen (secondary N) is 1. The minimum Gasteiger partial charge on any atom is -0.497 e. The molecule has 1 aliphatic heterocycles. The second kappa shape index (κ2) is 11.7. The van der Waals surface area contributed by atoms with Crippen molar-refractivity contribution in [2.75, 3.05) is 44.1 Å². The third-order valence-electron chi connectivity index (χ3n) is 5.50. The van der Waals surface area contributed by atoms with E-state index in [1.54, 1.807) is 50.1 Å². The van der Waals surface area contributed by atoms with Crippen LogP contribution in [-0.2, 0) is 19.6 Å². The lowest BCUT2D eigenvalue weighted by atomic mass is 9.98. The van der Waals surface area contributed by atoms with Gasteiger partial charge in [0.05, 0.1) is 48.8 Å². The number of methoxy groups -OCH3 is 1. The van der Waals surface area contributed by atoms with Crippen LogP contribution in [0.3, 0.4) is 0 Å². The molecular weight excluding hydrogens is 488 g/mol. The summed E-state index contributed by atoms with van der Waals surface area (Å²) in [4.78, 5) is 30.6. The summed E-state index contributed by atoms with van der Waals surface area (Å²) >= 11 is 0. The van der Waals surface area contributed by atoms with Gasteiger partial charge in [-0.2, -0.15) is 5.26 Å². The minimum absolute atomic E-state index is 0.169. The van der Waals surface area contributed by atoms with Gasteiger partial charge in [0.25, 0.3) is 0 Å². The summed E-state index contributed by atoms with van der Waals surface area (Å²) in [5, 5.41) is 9.50. The van der Waals surface area contributed by atoms with Crippen LogP contribution in [-0.4, -0.2) is 64.4 Å². The van der Waals surface area contributed by atoms with Gasteiger partial charge in [0.1, 0.15) is 23.4 Å². The molecule has 0 atom stereocenters. The Bertz CT molecular complexity index is 1250. The first kappa shape index (κ1) is 26.7. The number of hydrogen-bond acceptors (Lipinski definition) is 10. The van der Waals surface area contributed by atoms with E-state index in [-0.39, 0.29) is 49.6 Å². The van der Waals surface area contributed by atoms with Crippen LogP contribution in [0.25, 0.3) is 0 Å². The number of aryl methyl sites for hydroxylation is 1. The van der Waals surface area contributed by atoms with E-state index in [1.807, 2.05) is 6.07 Å². The molecule has 0 aliphatic carbocycles. The maximum atomic E-state index is 12.5. The fourth-order valence-electron chi connectivity index (χ4n) is 3.55. The summed E-state index contributed by atoms with van der Waals surface area (Å²) in [6, 6.07) is 10.3. The number of nitriles is 1. The molecular formula is C24H28N4O7S. The third-order valence-corrected chi connectivity index (χ3v) is 6.84. The van der Waals surface area contributed by atoms with Crippen molar-refractivity contribution in [1.29, 1.82) is 5.26 Å². The van der Waals surface area contributed by atoms with Gasteiger partial charge in [0.2, 0.25) is 15.9 Å². The summed E-state index contributed by atoms with van der Waals surface area (Å²) in [7, 11) is -2.27. The number of nitrogens with zero attached hydrogens (tertiary/aromatic N) is 3. The average molecular weight is 517 g/mol. The number of ether oxygens (including phenoxy) is 3. The van der Waals surface area contributed by atoms with Gasteiger partial charge < -0.3 is 19.1 Å². The van der Waals surface area contributed by atoms with E-state index in [0.717, 1.165) is 0 Å². The van der Waals surface area contributed by atoms with Crippen LogP contribution < -0.4 is 19.1 Å². The maximum absolute atomic E-state index is 12.5. The van der Waals surface area contributed by atoms with Crippen LogP contribution in [0.5, 0.6) is 11.5 Å². The van der Waals surface area contributed by atoms with Crippen LogP contribution in [0.15, 0.2) is 30.3 Å². The van der Waals surface area contributed by atoms with Gasteiger partial charge >= 0.3 is 5.97 Å². The molecule has 11 nitrogen and oxygen atoms in total. The van der Waals surface area contributed by atoms with Crippen molar-refractivity contribution in [3.8, 4) is 17.6 Å². The smallest absolute Gasteiger partial charge is 0.340 e. The molecule has 12 heteroatoms. The summed E-state index contributed by atoms with van der Waals surface area (Å²) in [5.74, 6) is -0.403. The van der Waals surface area contributed by atoms with E-state index in [4.69, 9.17) is 14.2 Å². The summed E-state index contributed by atoms with van der Waals surface area (Å²) in [6.45, 7) is 4.07. The highest BCUT2D eigenvalue weighted by atomic mass is 32.2. The SMILES string of the molecule is CCOC(=O)c1cc(C#N)c(N2CC(C(=O)NS(=O)(=O)CCCOc3ccc(OC)cc3)C2)nc1C. The van der Waals surface area contributed by atoms with Crippen molar-refractivity contribution in [3.63, 3.8) is 0 Å². The lowest BCUT2D eigenvalue weighted by molar-refractivity contribution is -0.123. The molecule has 0 saturated carbocycles. The normalized spacial score (nSPS) is 13.3. The Labute approximate surface area is 210 Å². The summed E-state index contributed by atoms with van der Waals surface area (Å²) in [5.41, 5.74) is 0.774. The number of amides is 1. The van der Waals surface area contributed by atoms with E-state index < -0.39 is 27.8 Å². The van der Waals surface area contributed by atoms with Gasteiger partial charge in [0, 0.05) is 13.1 Å². The van der Waals surface area contributed by atoms with Crippen LogP contribution in [0.4, 0.5) is 5.82 Å². The van der Waals surface area contributed by atoms with E-state index in [9.17, 15) is 23.3 Å². The standard InChI is InChI=1S/C24H28N4O7S/c1-4-34-24(30)21-12-17(13-25)22(26-16(21)2)28-14-18(15-28)23(29)27-36(31,32)11-5-10-35-20-8-6-19(33-3)7-9-20/h6-9,12,18H,4-5,10-11,14-15H2,1-3H3,(H,27,29). The van der Waals surface area contributed by atoms with Crippen LogP contribution in [0.2, 0.25) is 0 Å². The Hall–Kier alpha value is -3.85. The molecule has 0 bridgehead atoms. The molecule has 2 heterocycles. The minimum atomic E-state index is -3.83. The molecule has 1 N–H and O–H groups in total. The first-order chi connectivity index (χ1) is 17.2. The number of pyridine rings is 1. The lowest BCUT2D eigenvalue weighted by Gasteiger charge is -2.39. The van der Waals surface area contributed by atoms with Crippen LogP contribution in [0.1, 0.15) is 35.0 Å². The van der Waals surface area contributed by atoms with Crippen LogP contribution in [0, 0.1) is 24.2 Å². The second-order valence-electron chi connectivity index (χ2n) is 8.09.